The quantitative estimate of drug-likeness (QED) is 0.908. The Labute approximate surface area is 121 Å². The smallest absolute Gasteiger partial charge is 0.321 e. The van der Waals surface area contributed by atoms with E-state index in [0.29, 0.717) is 0 Å². The van der Waals surface area contributed by atoms with Gasteiger partial charge in [0.25, 0.3) is 0 Å². The molecule has 1 aliphatic carbocycles. The highest BCUT2D eigenvalue weighted by Crippen LogP contribution is 2.27. The van der Waals surface area contributed by atoms with E-state index in [1.165, 1.54) is 12.8 Å². The standard InChI is InChI=1S/C14H18BrN3O/c15-12-3-1-2-4-13(12)16-14(19)18-9-7-17(8-10-18)11-5-6-11/h1-4,11H,5-10H2,(H,16,19). The molecule has 1 aromatic carbocycles. The zero-order chi connectivity index (χ0) is 13.2. The molecule has 1 aliphatic heterocycles. The van der Waals surface area contributed by atoms with Crippen LogP contribution in [0, 0.1) is 0 Å². The van der Waals surface area contributed by atoms with Gasteiger partial charge in [0.15, 0.2) is 0 Å². The minimum Gasteiger partial charge on any atom is -0.322 e. The van der Waals surface area contributed by atoms with Gasteiger partial charge in [-0.15, -0.1) is 0 Å². The molecule has 2 aliphatic rings. The lowest BCUT2D eigenvalue weighted by molar-refractivity contribution is 0.142. The van der Waals surface area contributed by atoms with Crippen LogP contribution in [0.5, 0.6) is 0 Å². The predicted octanol–water partition coefficient (Wildman–Crippen LogP) is 2.76. The van der Waals surface area contributed by atoms with E-state index in [1.807, 2.05) is 29.2 Å². The normalized spacial score (nSPS) is 20.4. The first-order chi connectivity index (χ1) is 9.24. The zero-order valence-electron chi connectivity index (χ0n) is 10.8. The Bertz CT molecular complexity index is 468. The lowest BCUT2D eigenvalue weighted by Gasteiger charge is -2.34. The van der Waals surface area contributed by atoms with Crippen molar-refractivity contribution >= 4 is 27.6 Å². The molecule has 0 radical (unpaired) electrons. The molecule has 0 atom stereocenters. The maximum atomic E-state index is 12.2. The highest BCUT2D eigenvalue weighted by molar-refractivity contribution is 9.10. The molecule has 0 aromatic heterocycles. The number of halogens is 1. The topological polar surface area (TPSA) is 35.6 Å². The number of hydrogen-bond donors (Lipinski definition) is 1. The number of carbonyl (C=O) groups excluding carboxylic acids is 1. The van der Waals surface area contributed by atoms with E-state index in [0.717, 1.165) is 42.4 Å². The Morgan fingerprint density at radius 3 is 2.47 bits per heavy atom. The van der Waals surface area contributed by atoms with Crippen molar-refractivity contribution in [2.24, 2.45) is 0 Å². The number of nitrogens with one attached hydrogen (secondary N) is 1. The van der Waals surface area contributed by atoms with E-state index in [2.05, 4.69) is 26.1 Å². The second-order valence-corrected chi connectivity index (χ2v) is 6.02. The summed E-state index contributed by atoms with van der Waals surface area (Å²) in [6.45, 7) is 3.67. The maximum Gasteiger partial charge on any atom is 0.321 e. The highest BCUT2D eigenvalue weighted by atomic mass is 79.9. The van der Waals surface area contributed by atoms with Crippen LogP contribution in [0.25, 0.3) is 0 Å². The molecule has 0 spiro atoms. The molecule has 1 N–H and O–H groups in total. The summed E-state index contributed by atoms with van der Waals surface area (Å²) < 4.78 is 0.917. The Kier molecular flexibility index (Phi) is 3.75. The fraction of sp³-hybridized carbons (Fsp3) is 0.500. The number of rotatable bonds is 2. The van der Waals surface area contributed by atoms with E-state index in [4.69, 9.17) is 0 Å². The van der Waals surface area contributed by atoms with Crippen LogP contribution in [0.3, 0.4) is 0 Å². The number of carbonyl (C=O) groups is 1. The summed E-state index contributed by atoms with van der Waals surface area (Å²) in [5.74, 6) is 0. The Morgan fingerprint density at radius 1 is 1.16 bits per heavy atom. The summed E-state index contributed by atoms with van der Waals surface area (Å²) in [5.41, 5.74) is 0.831. The number of para-hydroxylation sites is 1. The summed E-state index contributed by atoms with van der Waals surface area (Å²) in [5, 5.41) is 2.96. The van der Waals surface area contributed by atoms with Gasteiger partial charge in [-0.25, -0.2) is 4.79 Å². The van der Waals surface area contributed by atoms with Crippen molar-refractivity contribution in [3.05, 3.63) is 28.7 Å². The number of benzene rings is 1. The zero-order valence-corrected chi connectivity index (χ0v) is 12.4. The van der Waals surface area contributed by atoms with Crippen molar-refractivity contribution in [2.75, 3.05) is 31.5 Å². The van der Waals surface area contributed by atoms with Crippen molar-refractivity contribution in [3.63, 3.8) is 0 Å². The first kappa shape index (κ1) is 12.9. The number of nitrogens with zero attached hydrogens (tertiary/aromatic N) is 2. The molecule has 0 bridgehead atoms. The molecule has 3 rings (SSSR count). The van der Waals surface area contributed by atoms with E-state index in [1.54, 1.807) is 0 Å². The van der Waals surface area contributed by atoms with Crippen molar-refractivity contribution in [3.8, 4) is 0 Å². The number of hydrogen-bond acceptors (Lipinski definition) is 2. The summed E-state index contributed by atoms with van der Waals surface area (Å²) in [7, 11) is 0. The Balaban J connectivity index is 1.55. The maximum absolute atomic E-state index is 12.2. The SMILES string of the molecule is O=C(Nc1ccccc1Br)N1CCN(C2CC2)CC1. The molecule has 0 unspecified atom stereocenters. The first-order valence-corrected chi connectivity index (χ1v) is 7.58. The van der Waals surface area contributed by atoms with Crippen LogP contribution >= 0.6 is 15.9 Å². The van der Waals surface area contributed by atoms with Crippen molar-refractivity contribution in [1.82, 2.24) is 9.80 Å². The number of piperazine rings is 1. The average Bonchev–Trinajstić information content (AvgIpc) is 3.26. The second kappa shape index (κ2) is 5.51. The van der Waals surface area contributed by atoms with Gasteiger partial charge in [-0.2, -0.15) is 0 Å². The summed E-state index contributed by atoms with van der Waals surface area (Å²) in [6, 6.07) is 8.50. The van der Waals surface area contributed by atoms with Gasteiger partial charge in [0.1, 0.15) is 0 Å². The fourth-order valence-corrected chi connectivity index (χ4v) is 2.87. The van der Waals surface area contributed by atoms with Gasteiger partial charge in [-0.05, 0) is 40.9 Å². The summed E-state index contributed by atoms with van der Waals surface area (Å²) >= 11 is 3.44. The Hall–Kier alpha value is -1.07. The van der Waals surface area contributed by atoms with E-state index in [-0.39, 0.29) is 6.03 Å². The van der Waals surface area contributed by atoms with Gasteiger partial charge >= 0.3 is 6.03 Å². The van der Waals surface area contributed by atoms with Crippen LogP contribution in [-0.2, 0) is 0 Å². The molecule has 102 valence electrons. The third-order valence-corrected chi connectivity index (χ3v) is 4.47. The molecule has 2 fully saturated rings. The molecular weight excluding hydrogens is 306 g/mol. The minimum atomic E-state index is 0.00217. The van der Waals surface area contributed by atoms with Gasteiger partial charge < -0.3 is 10.2 Å². The van der Waals surface area contributed by atoms with Crippen molar-refractivity contribution in [2.45, 2.75) is 18.9 Å². The van der Waals surface area contributed by atoms with Crippen LogP contribution in [0.4, 0.5) is 10.5 Å². The Morgan fingerprint density at radius 2 is 1.84 bits per heavy atom. The summed E-state index contributed by atoms with van der Waals surface area (Å²) in [6.07, 6.45) is 2.67. The molecule has 1 saturated heterocycles. The minimum absolute atomic E-state index is 0.00217. The number of amides is 2. The van der Waals surface area contributed by atoms with Crippen LogP contribution in [0.15, 0.2) is 28.7 Å². The third-order valence-electron chi connectivity index (χ3n) is 3.78. The van der Waals surface area contributed by atoms with Gasteiger partial charge in [0, 0.05) is 36.7 Å². The molecule has 19 heavy (non-hydrogen) atoms. The van der Waals surface area contributed by atoms with E-state index >= 15 is 0 Å². The van der Waals surface area contributed by atoms with E-state index in [9.17, 15) is 4.79 Å². The summed E-state index contributed by atoms with van der Waals surface area (Å²) in [4.78, 5) is 16.6. The lowest BCUT2D eigenvalue weighted by atomic mass is 10.3. The average molecular weight is 324 g/mol. The lowest BCUT2D eigenvalue weighted by Crippen LogP contribution is -2.50. The van der Waals surface area contributed by atoms with Gasteiger partial charge in [-0.1, -0.05) is 12.1 Å². The number of urea groups is 1. The van der Waals surface area contributed by atoms with Crippen molar-refractivity contribution in [1.29, 1.82) is 0 Å². The molecule has 1 aromatic rings. The van der Waals surface area contributed by atoms with Crippen LogP contribution in [-0.4, -0.2) is 48.1 Å². The highest BCUT2D eigenvalue weighted by Gasteiger charge is 2.32. The molecule has 1 saturated carbocycles. The van der Waals surface area contributed by atoms with E-state index < -0.39 is 0 Å². The second-order valence-electron chi connectivity index (χ2n) is 5.16. The predicted molar refractivity (Wildman–Crippen MR) is 79.3 cm³/mol. The van der Waals surface area contributed by atoms with Crippen LogP contribution in [0.1, 0.15) is 12.8 Å². The molecule has 4 nitrogen and oxygen atoms in total. The molecule has 5 heteroatoms. The molecule has 2 amide bonds. The van der Waals surface area contributed by atoms with Crippen molar-refractivity contribution < 1.29 is 4.79 Å². The monoisotopic (exact) mass is 323 g/mol. The third kappa shape index (κ3) is 3.09. The largest absolute Gasteiger partial charge is 0.322 e. The first-order valence-electron chi connectivity index (χ1n) is 6.78. The van der Waals surface area contributed by atoms with Gasteiger partial charge in [-0.3, -0.25) is 4.90 Å². The van der Waals surface area contributed by atoms with Crippen LogP contribution in [0.2, 0.25) is 0 Å². The molecular formula is C14H18BrN3O. The fourth-order valence-electron chi connectivity index (χ4n) is 2.49. The van der Waals surface area contributed by atoms with Crippen LogP contribution < -0.4 is 5.32 Å². The van der Waals surface area contributed by atoms with Gasteiger partial charge in [0.2, 0.25) is 0 Å². The van der Waals surface area contributed by atoms with Gasteiger partial charge in [0.05, 0.1) is 5.69 Å². The number of anilines is 1. The molecule has 1 heterocycles.